The minimum atomic E-state index is -0.135. The molecule has 2 N–H and O–H groups in total. The fraction of sp³-hybridized carbons (Fsp3) is 0.545. The lowest BCUT2D eigenvalue weighted by Crippen LogP contribution is -2.26. The van der Waals surface area contributed by atoms with Crippen LogP contribution in [-0.2, 0) is 4.74 Å². The number of anilines is 1. The van der Waals surface area contributed by atoms with Crippen LogP contribution in [0.2, 0.25) is 0 Å². The number of rotatable bonds is 6. The van der Waals surface area contributed by atoms with Crippen molar-refractivity contribution in [2.24, 2.45) is 0 Å². The summed E-state index contributed by atoms with van der Waals surface area (Å²) in [7, 11) is 1.63. The van der Waals surface area contributed by atoms with Crippen molar-refractivity contribution in [2.45, 2.75) is 18.9 Å². The van der Waals surface area contributed by atoms with E-state index in [0.29, 0.717) is 30.8 Å². The Morgan fingerprint density at radius 1 is 1.59 bits per heavy atom. The van der Waals surface area contributed by atoms with Crippen LogP contribution >= 0.6 is 0 Å². The lowest BCUT2D eigenvalue weighted by Gasteiger charge is -2.06. The molecule has 0 atom stereocenters. The van der Waals surface area contributed by atoms with Gasteiger partial charge in [-0.1, -0.05) is 0 Å². The summed E-state index contributed by atoms with van der Waals surface area (Å²) in [5, 5.41) is 5.87. The molecule has 0 saturated heterocycles. The van der Waals surface area contributed by atoms with Gasteiger partial charge in [0.15, 0.2) is 0 Å². The highest BCUT2D eigenvalue weighted by atomic mass is 16.5. The number of hydrogen-bond donors (Lipinski definition) is 2. The molecular formula is C11H16N4O2. The second-order valence-corrected chi connectivity index (χ2v) is 3.93. The average Bonchev–Trinajstić information content (AvgIpc) is 3.14. The van der Waals surface area contributed by atoms with Gasteiger partial charge in [-0.3, -0.25) is 4.79 Å². The molecule has 1 heterocycles. The molecule has 1 saturated carbocycles. The van der Waals surface area contributed by atoms with Crippen LogP contribution in [0.25, 0.3) is 0 Å². The first-order valence-corrected chi connectivity index (χ1v) is 5.66. The van der Waals surface area contributed by atoms with E-state index in [4.69, 9.17) is 4.74 Å². The molecule has 0 spiro atoms. The molecule has 2 rings (SSSR count). The second-order valence-electron chi connectivity index (χ2n) is 3.93. The van der Waals surface area contributed by atoms with Crippen LogP contribution in [0.1, 0.15) is 23.3 Å². The van der Waals surface area contributed by atoms with Gasteiger partial charge in [-0.15, -0.1) is 0 Å². The van der Waals surface area contributed by atoms with Crippen molar-refractivity contribution in [3.05, 3.63) is 18.0 Å². The largest absolute Gasteiger partial charge is 0.383 e. The maximum atomic E-state index is 11.7. The van der Waals surface area contributed by atoms with Crippen molar-refractivity contribution in [2.75, 3.05) is 25.6 Å². The first-order valence-electron chi connectivity index (χ1n) is 5.66. The lowest BCUT2D eigenvalue weighted by atomic mass is 10.4. The van der Waals surface area contributed by atoms with E-state index in [1.54, 1.807) is 19.4 Å². The summed E-state index contributed by atoms with van der Waals surface area (Å²) in [6, 6.07) is 1.95. The van der Waals surface area contributed by atoms with Gasteiger partial charge in [0, 0.05) is 25.9 Å². The summed E-state index contributed by atoms with van der Waals surface area (Å²) >= 11 is 0. The third-order valence-corrected chi connectivity index (χ3v) is 2.39. The number of methoxy groups -OCH3 is 1. The molecule has 0 aliphatic heterocycles. The molecule has 1 aromatic heterocycles. The number of nitrogens with zero attached hydrogens (tertiary/aromatic N) is 2. The third-order valence-electron chi connectivity index (χ3n) is 2.39. The Morgan fingerprint density at radius 2 is 2.41 bits per heavy atom. The predicted octanol–water partition coefficient (Wildman–Crippen LogP) is 0.427. The van der Waals surface area contributed by atoms with E-state index in [2.05, 4.69) is 20.6 Å². The molecule has 6 heteroatoms. The standard InChI is InChI=1S/C11H16N4O2/c1-17-7-6-13-11-12-5-4-9(15-11)10(16)14-8-2-3-8/h4-5,8H,2-3,6-7H2,1H3,(H,14,16)(H,12,13,15). The summed E-state index contributed by atoms with van der Waals surface area (Å²) in [5.41, 5.74) is 0.395. The summed E-state index contributed by atoms with van der Waals surface area (Å²) in [6.45, 7) is 1.19. The van der Waals surface area contributed by atoms with Crippen LogP contribution in [0.4, 0.5) is 5.95 Å². The molecule has 1 amide bonds. The predicted molar refractivity (Wildman–Crippen MR) is 62.9 cm³/mol. The maximum absolute atomic E-state index is 11.7. The summed E-state index contributed by atoms with van der Waals surface area (Å²) in [4.78, 5) is 19.9. The molecule has 1 aromatic rings. The summed E-state index contributed by atoms with van der Waals surface area (Å²) in [6.07, 6.45) is 3.70. The number of aromatic nitrogens is 2. The van der Waals surface area contributed by atoms with Gasteiger partial charge in [0.1, 0.15) is 5.69 Å². The first-order chi connectivity index (χ1) is 8.29. The number of nitrogens with one attached hydrogen (secondary N) is 2. The van der Waals surface area contributed by atoms with Crippen molar-refractivity contribution in [3.8, 4) is 0 Å². The van der Waals surface area contributed by atoms with Crippen molar-refractivity contribution < 1.29 is 9.53 Å². The average molecular weight is 236 g/mol. The normalized spacial score (nSPS) is 14.4. The van der Waals surface area contributed by atoms with Crippen LogP contribution < -0.4 is 10.6 Å². The third kappa shape index (κ3) is 3.67. The first kappa shape index (κ1) is 11.8. The topological polar surface area (TPSA) is 76.1 Å². The van der Waals surface area contributed by atoms with Gasteiger partial charge in [-0.25, -0.2) is 9.97 Å². The fourth-order valence-corrected chi connectivity index (χ4v) is 1.32. The van der Waals surface area contributed by atoms with Crippen LogP contribution in [0, 0.1) is 0 Å². The Labute approximate surface area is 99.8 Å². The fourth-order valence-electron chi connectivity index (χ4n) is 1.32. The highest BCUT2D eigenvalue weighted by Crippen LogP contribution is 2.19. The number of hydrogen-bond acceptors (Lipinski definition) is 5. The zero-order valence-electron chi connectivity index (χ0n) is 9.77. The quantitative estimate of drug-likeness (QED) is 0.700. The minimum absolute atomic E-state index is 0.135. The Kier molecular flexibility index (Phi) is 3.87. The van der Waals surface area contributed by atoms with E-state index in [1.165, 1.54) is 0 Å². The summed E-state index contributed by atoms with van der Waals surface area (Å²) in [5.74, 6) is 0.315. The number of carbonyl (C=O) groups is 1. The lowest BCUT2D eigenvalue weighted by molar-refractivity contribution is 0.0946. The Bertz CT molecular complexity index is 393. The molecule has 1 fully saturated rings. The molecule has 92 valence electrons. The molecule has 0 radical (unpaired) electrons. The Hall–Kier alpha value is -1.69. The smallest absolute Gasteiger partial charge is 0.270 e. The van der Waals surface area contributed by atoms with Crippen LogP contribution in [0.5, 0.6) is 0 Å². The van der Waals surface area contributed by atoms with Crippen LogP contribution in [-0.4, -0.2) is 42.2 Å². The van der Waals surface area contributed by atoms with Gasteiger partial charge in [0.05, 0.1) is 6.61 Å². The molecule has 0 unspecified atom stereocenters. The summed E-state index contributed by atoms with van der Waals surface area (Å²) < 4.78 is 4.90. The molecule has 0 aromatic carbocycles. The maximum Gasteiger partial charge on any atom is 0.270 e. The molecule has 0 bridgehead atoms. The Balaban J connectivity index is 1.92. The van der Waals surface area contributed by atoms with E-state index in [1.807, 2.05) is 0 Å². The monoisotopic (exact) mass is 236 g/mol. The minimum Gasteiger partial charge on any atom is -0.383 e. The SMILES string of the molecule is COCCNc1nccc(C(=O)NC2CC2)n1. The van der Waals surface area contributed by atoms with Gasteiger partial charge < -0.3 is 15.4 Å². The molecule has 17 heavy (non-hydrogen) atoms. The molecular weight excluding hydrogens is 220 g/mol. The van der Waals surface area contributed by atoms with Gasteiger partial charge in [0.2, 0.25) is 5.95 Å². The van der Waals surface area contributed by atoms with Gasteiger partial charge in [-0.05, 0) is 18.9 Å². The zero-order chi connectivity index (χ0) is 12.1. The number of ether oxygens (including phenoxy) is 1. The molecule has 1 aliphatic rings. The van der Waals surface area contributed by atoms with Gasteiger partial charge in [-0.2, -0.15) is 0 Å². The van der Waals surface area contributed by atoms with Crippen molar-refractivity contribution >= 4 is 11.9 Å². The highest BCUT2D eigenvalue weighted by Gasteiger charge is 2.24. The van der Waals surface area contributed by atoms with Crippen LogP contribution in [0.15, 0.2) is 12.3 Å². The van der Waals surface area contributed by atoms with Crippen molar-refractivity contribution in [3.63, 3.8) is 0 Å². The number of amides is 1. The second kappa shape index (κ2) is 5.58. The van der Waals surface area contributed by atoms with Gasteiger partial charge >= 0.3 is 0 Å². The number of carbonyl (C=O) groups excluding carboxylic acids is 1. The van der Waals surface area contributed by atoms with E-state index < -0.39 is 0 Å². The van der Waals surface area contributed by atoms with Crippen molar-refractivity contribution in [1.29, 1.82) is 0 Å². The zero-order valence-corrected chi connectivity index (χ0v) is 9.77. The molecule has 1 aliphatic carbocycles. The van der Waals surface area contributed by atoms with E-state index >= 15 is 0 Å². The van der Waals surface area contributed by atoms with E-state index in [-0.39, 0.29) is 5.91 Å². The molecule has 6 nitrogen and oxygen atoms in total. The van der Waals surface area contributed by atoms with E-state index in [9.17, 15) is 4.79 Å². The highest BCUT2D eigenvalue weighted by molar-refractivity contribution is 5.92. The van der Waals surface area contributed by atoms with Crippen LogP contribution in [0.3, 0.4) is 0 Å². The van der Waals surface area contributed by atoms with Gasteiger partial charge in [0.25, 0.3) is 5.91 Å². The Morgan fingerprint density at radius 3 is 3.12 bits per heavy atom. The van der Waals surface area contributed by atoms with Crippen molar-refractivity contribution in [1.82, 2.24) is 15.3 Å². The van der Waals surface area contributed by atoms with E-state index in [0.717, 1.165) is 12.8 Å².